The summed E-state index contributed by atoms with van der Waals surface area (Å²) < 4.78 is 13.2. The number of carbonyl (C=O) groups excluding carboxylic acids is 1. The van der Waals surface area contributed by atoms with E-state index in [1.54, 1.807) is 6.07 Å². The van der Waals surface area contributed by atoms with E-state index in [9.17, 15) is 9.18 Å². The Labute approximate surface area is 179 Å². The Bertz CT molecular complexity index is 799. The SMILES string of the molecule is CC(C)Cc1ccc(CNC(=O)N(Cc2ccc(F)cn2)C2CCN(C)CC2)cc1. The van der Waals surface area contributed by atoms with E-state index in [-0.39, 0.29) is 17.9 Å². The lowest BCUT2D eigenvalue weighted by molar-refractivity contribution is 0.126. The van der Waals surface area contributed by atoms with Crippen molar-refractivity contribution in [3.63, 3.8) is 0 Å². The van der Waals surface area contributed by atoms with Crippen LogP contribution in [0.15, 0.2) is 42.6 Å². The van der Waals surface area contributed by atoms with Crippen molar-refractivity contribution >= 4 is 6.03 Å². The lowest BCUT2D eigenvalue weighted by Gasteiger charge is -2.37. The van der Waals surface area contributed by atoms with Crippen LogP contribution < -0.4 is 5.32 Å². The largest absolute Gasteiger partial charge is 0.334 e. The highest BCUT2D eigenvalue weighted by Gasteiger charge is 2.27. The number of amides is 2. The quantitative estimate of drug-likeness (QED) is 0.741. The highest BCUT2D eigenvalue weighted by Crippen LogP contribution is 2.18. The third kappa shape index (κ3) is 6.52. The molecule has 2 amide bonds. The van der Waals surface area contributed by atoms with Gasteiger partial charge in [0, 0.05) is 12.6 Å². The van der Waals surface area contributed by atoms with Crippen molar-refractivity contribution in [2.75, 3.05) is 20.1 Å². The smallest absolute Gasteiger partial charge is 0.318 e. The van der Waals surface area contributed by atoms with Gasteiger partial charge in [0.05, 0.1) is 18.4 Å². The number of hydrogen-bond donors (Lipinski definition) is 1. The number of aromatic nitrogens is 1. The third-order valence-corrected chi connectivity index (χ3v) is 5.62. The average molecular weight is 413 g/mol. The van der Waals surface area contributed by atoms with Gasteiger partial charge in [-0.2, -0.15) is 0 Å². The van der Waals surface area contributed by atoms with Gasteiger partial charge >= 0.3 is 6.03 Å². The number of benzene rings is 1. The second-order valence-electron chi connectivity index (χ2n) is 8.70. The molecule has 0 aliphatic carbocycles. The third-order valence-electron chi connectivity index (χ3n) is 5.62. The summed E-state index contributed by atoms with van der Waals surface area (Å²) in [6.45, 7) is 7.21. The van der Waals surface area contributed by atoms with Gasteiger partial charge in [-0.25, -0.2) is 9.18 Å². The van der Waals surface area contributed by atoms with Gasteiger partial charge < -0.3 is 15.1 Å². The second-order valence-corrected chi connectivity index (χ2v) is 8.70. The van der Waals surface area contributed by atoms with E-state index in [0.29, 0.717) is 24.7 Å². The standard InChI is InChI=1S/C24H33FN4O/c1-18(2)14-19-4-6-20(7-5-19)15-27-24(30)29(23-10-12-28(3)13-11-23)17-22-9-8-21(25)16-26-22/h4-9,16,18,23H,10-15,17H2,1-3H3,(H,27,30). The summed E-state index contributed by atoms with van der Waals surface area (Å²) in [5, 5.41) is 3.07. The van der Waals surface area contributed by atoms with Crippen molar-refractivity contribution in [3.8, 4) is 0 Å². The Morgan fingerprint density at radius 1 is 1.17 bits per heavy atom. The Kier molecular flexibility index (Phi) is 7.80. The van der Waals surface area contributed by atoms with Gasteiger partial charge in [0.1, 0.15) is 5.82 Å². The van der Waals surface area contributed by atoms with Crippen LogP contribution in [0.25, 0.3) is 0 Å². The minimum absolute atomic E-state index is 0.0954. The zero-order valence-electron chi connectivity index (χ0n) is 18.3. The fourth-order valence-corrected chi connectivity index (χ4v) is 3.89. The molecule has 1 saturated heterocycles. The van der Waals surface area contributed by atoms with Crippen molar-refractivity contribution in [2.24, 2.45) is 5.92 Å². The van der Waals surface area contributed by atoms with Gasteiger partial charge in [0.15, 0.2) is 0 Å². The molecule has 3 rings (SSSR count). The van der Waals surface area contributed by atoms with Gasteiger partial charge in [-0.1, -0.05) is 38.1 Å². The molecule has 1 aromatic carbocycles. The zero-order chi connectivity index (χ0) is 21.5. The van der Waals surface area contributed by atoms with E-state index in [2.05, 4.69) is 60.4 Å². The first-order chi connectivity index (χ1) is 14.4. The normalized spacial score (nSPS) is 15.4. The summed E-state index contributed by atoms with van der Waals surface area (Å²) in [4.78, 5) is 21.4. The molecule has 162 valence electrons. The minimum atomic E-state index is -0.366. The first-order valence-electron chi connectivity index (χ1n) is 10.8. The van der Waals surface area contributed by atoms with Crippen LogP contribution in [0, 0.1) is 11.7 Å². The molecule has 1 aliphatic rings. The zero-order valence-corrected chi connectivity index (χ0v) is 18.3. The van der Waals surface area contributed by atoms with Crippen molar-refractivity contribution in [3.05, 3.63) is 65.2 Å². The molecule has 1 fully saturated rings. The van der Waals surface area contributed by atoms with Crippen LogP contribution in [0.5, 0.6) is 0 Å². The van der Waals surface area contributed by atoms with Crippen molar-refractivity contribution in [1.82, 2.24) is 20.1 Å². The number of piperidine rings is 1. The van der Waals surface area contributed by atoms with Crippen LogP contribution in [-0.2, 0) is 19.5 Å². The molecule has 1 N–H and O–H groups in total. The van der Waals surface area contributed by atoms with Gasteiger partial charge in [0.2, 0.25) is 0 Å². The number of carbonyl (C=O) groups is 1. The number of nitrogens with one attached hydrogen (secondary N) is 1. The van der Waals surface area contributed by atoms with Crippen molar-refractivity contribution in [2.45, 2.75) is 52.2 Å². The van der Waals surface area contributed by atoms with Crippen LogP contribution in [-0.4, -0.2) is 47.0 Å². The first kappa shape index (κ1) is 22.2. The molecular formula is C24H33FN4O. The lowest BCUT2D eigenvalue weighted by Crippen LogP contribution is -2.49. The highest BCUT2D eigenvalue weighted by atomic mass is 19.1. The molecule has 0 spiro atoms. The summed E-state index contributed by atoms with van der Waals surface area (Å²) in [5.41, 5.74) is 3.10. The van der Waals surface area contributed by atoms with Crippen LogP contribution in [0.4, 0.5) is 9.18 Å². The predicted octanol–water partition coefficient (Wildman–Crippen LogP) is 4.23. The fourth-order valence-electron chi connectivity index (χ4n) is 3.89. The van der Waals surface area contributed by atoms with Crippen LogP contribution in [0.2, 0.25) is 0 Å². The van der Waals surface area contributed by atoms with E-state index < -0.39 is 0 Å². The van der Waals surface area contributed by atoms with Crippen LogP contribution >= 0.6 is 0 Å². The first-order valence-corrected chi connectivity index (χ1v) is 10.8. The van der Waals surface area contributed by atoms with Crippen LogP contribution in [0.1, 0.15) is 43.5 Å². The Morgan fingerprint density at radius 3 is 2.43 bits per heavy atom. The van der Waals surface area contributed by atoms with Crippen molar-refractivity contribution < 1.29 is 9.18 Å². The number of nitrogens with zero attached hydrogens (tertiary/aromatic N) is 3. The van der Waals surface area contributed by atoms with E-state index in [1.807, 2.05) is 4.90 Å². The van der Waals surface area contributed by atoms with Gasteiger partial charge in [0.25, 0.3) is 0 Å². The van der Waals surface area contributed by atoms with Crippen LogP contribution in [0.3, 0.4) is 0 Å². The fraction of sp³-hybridized carbons (Fsp3) is 0.500. The van der Waals surface area contributed by atoms with E-state index in [0.717, 1.165) is 37.9 Å². The number of likely N-dealkylation sites (tertiary alicyclic amines) is 1. The summed E-state index contributed by atoms with van der Waals surface area (Å²) in [7, 11) is 2.10. The number of pyridine rings is 1. The molecule has 0 radical (unpaired) electrons. The monoisotopic (exact) mass is 412 g/mol. The molecule has 1 aliphatic heterocycles. The maximum Gasteiger partial charge on any atom is 0.318 e. The number of urea groups is 1. The molecule has 2 heterocycles. The maximum atomic E-state index is 13.2. The summed E-state index contributed by atoms with van der Waals surface area (Å²) in [6.07, 6.45) is 4.12. The molecule has 0 atom stereocenters. The van der Waals surface area contributed by atoms with Gasteiger partial charge in [-0.3, -0.25) is 4.98 Å². The topological polar surface area (TPSA) is 48.5 Å². The molecule has 2 aromatic rings. The minimum Gasteiger partial charge on any atom is -0.334 e. The molecule has 1 aromatic heterocycles. The molecule has 5 nitrogen and oxygen atoms in total. The predicted molar refractivity (Wildman–Crippen MR) is 117 cm³/mol. The van der Waals surface area contributed by atoms with E-state index >= 15 is 0 Å². The van der Waals surface area contributed by atoms with E-state index in [1.165, 1.54) is 17.8 Å². The molecule has 0 saturated carbocycles. The highest BCUT2D eigenvalue weighted by molar-refractivity contribution is 5.74. The van der Waals surface area contributed by atoms with E-state index in [4.69, 9.17) is 0 Å². The molecule has 0 bridgehead atoms. The van der Waals surface area contributed by atoms with Gasteiger partial charge in [-0.15, -0.1) is 0 Å². The van der Waals surface area contributed by atoms with Crippen molar-refractivity contribution in [1.29, 1.82) is 0 Å². The number of halogens is 1. The Balaban J connectivity index is 1.64. The van der Waals surface area contributed by atoms with Gasteiger partial charge in [-0.05, 0) is 68.6 Å². The number of hydrogen-bond acceptors (Lipinski definition) is 3. The maximum absolute atomic E-state index is 13.2. The average Bonchev–Trinajstić information content (AvgIpc) is 2.73. The molecular weight excluding hydrogens is 379 g/mol. The molecule has 6 heteroatoms. The Morgan fingerprint density at radius 2 is 1.83 bits per heavy atom. The molecule has 0 unspecified atom stereocenters. The summed E-state index contributed by atoms with van der Waals surface area (Å²) in [5.74, 6) is 0.258. The second kappa shape index (κ2) is 10.5. The lowest BCUT2D eigenvalue weighted by atomic mass is 10.0. The molecule has 30 heavy (non-hydrogen) atoms. The summed E-state index contributed by atoms with van der Waals surface area (Å²) >= 11 is 0. The number of rotatable bonds is 7. The Hall–Kier alpha value is -2.47. The summed E-state index contributed by atoms with van der Waals surface area (Å²) in [6, 6.07) is 11.5.